The van der Waals surface area contributed by atoms with Crippen molar-refractivity contribution < 1.29 is 8.85 Å². The van der Waals surface area contributed by atoms with Crippen molar-refractivity contribution in [1.29, 1.82) is 0 Å². The number of hydrogen-bond donors (Lipinski definition) is 0. The summed E-state index contributed by atoms with van der Waals surface area (Å²) in [5, 5.41) is 5.38. The van der Waals surface area contributed by atoms with E-state index in [2.05, 4.69) is 163 Å². The summed E-state index contributed by atoms with van der Waals surface area (Å²) in [6, 6.07) is 46.0. The van der Waals surface area contributed by atoms with Gasteiger partial charge in [-0.1, -0.05) is 134 Å². The summed E-state index contributed by atoms with van der Waals surface area (Å²) in [5.74, 6) is 0. The Kier molecular flexibility index (Phi) is 9.68. The summed E-state index contributed by atoms with van der Waals surface area (Å²) in [7, 11) is -5.02. The van der Waals surface area contributed by atoms with Crippen LogP contribution < -0.4 is 20.7 Å². The summed E-state index contributed by atoms with van der Waals surface area (Å²) in [5.41, 5.74) is -0.500. The summed E-state index contributed by atoms with van der Waals surface area (Å²) in [6.45, 7) is 13.2. The fraction of sp³-hybridized carbons (Fsp3) is 0.333. The van der Waals surface area contributed by atoms with Crippen LogP contribution in [0.2, 0.25) is 12.1 Å². The lowest BCUT2D eigenvalue weighted by Crippen LogP contribution is -2.64. The molecule has 40 heavy (non-hydrogen) atoms. The molecule has 4 aromatic rings. The first-order chi connectivity index (χ1) is 19.0. The van der Waals surface area contributed by atoms with E-state index in [1.54, 1.807) is 0 Å². The van der Waals surface area contributed by atoms with Crippen LogP contribution in [0.15, 0.2) is 121 Å². The van der Waals surface area contributed by atoms with Crippen molar-refractivity contribution in [1.82, 2.24) is 0 Å². The van der Waals surface area contributed by atoms with Gasteiger partial charge in [0.25, 0.3) is 16.6 Å². The number of hydrogen-bond acceptors (Lipinski definition) is 2. The van der Waals surface area contributed by atoms with E-state index in [0.29, 0.717) is 0 Å². The second-order valence-corrected chi connectivity index (χ2v) is 19.8. The van der Waals surface area contributed by atoms with Crippen LogP contribution in [0.1, 0.15) is 54.4 Å². The summed E-state index contributed by atoms with van der Waals surface area (Å²) < 4.78 is 14.4. The van der Waals surface area contributed by atoms with Gasteiger partial charge in [-0.05, 0) is 74.4 Å². The SMILES string of the molecule is CC(C)(C)O[Si](CCCC[Si](OC(C)(C)C)(c1ccccc1)c1ccccc1)(c1ccccc1)c1ccccc1. The predicted molar refractivity (Wildman–Crippen MR) is 176 cm³/mol. The normalized spacial score (nSPS) is 12.8. The monoisotopic (exact) mass is 566 g/mol. The molecule has 0 fully saturated rings. The largest absolute Gasteiger partial charge is 0.403 e. The van der Waals surface area contributed by atoms with Crippen LogP contribution in [0.25, 0.3) is 0 Å². The van der Waals surface area contributed by atoms with Crippen molar-refractivity contribution in [3.63, 3.8) is 0 Å². The van der Waals surface area contributed by atoms with Crippen molar-refractivity contribution in [2.24, 2.45) is 0 Å². The molecule has 0 saturated carbocycles. The third-order valence-electron chi connectivity index (χ3n) is 7.23. The van der Waals surface area contributed by atoms with Gasteiger partial charge in [0.2, 0.25) is 0 Å². The molecule has 0 aromatic heterocycles. The average Bonchev–Trinajstić information content (AvgIpc) is 2.94. The molecule has 2 nitrogen and oxygen atoms in total. The van der Waals surface area contributed by atoms with E-state index in [4.69, 9.17) is 8.85 Å². The highest BCUT2D eigenvalue weighted by Crippen LogP contribution is 2.28. The molecule has 4 heteroatoms. The average molecular weight is 567 g/mol. The van der Waals surface area contributed by atoms with Crippen LogP contribution in [0.3, 0.4) is 0 Å². The van der Waals surface area contributed by atoms with Gasteiger partial charge in [-0.25, -0.2) is 0 Å². The Morgan fingerprint density at radius 1 is 0.400 bits per heavy atom. The quantitative estimate of drug-likeness (QED) is 0.145. The molecular weight excluding hydrogens is 521 g/mol. The summed E-state index contributed by atoms with van der Waals surface area (Å²) in [6.07, 6.45) is 2.15. The van der Waals surface area contributed by atoms with Gasteiger partial charge in [-0.15, -0.1) is 0 Å². The second kappa shape index (κ2) is 12.8. The molecule has 4 aromatic carbocycles. The van der Waals surface area contributed by atoms with Gasteiger partial charge in [0.15, 0.2) is 0 Å². The van der Waals surface area contributed by atoms with Gasteiger partial charge in [-0.2, -0.15) is 0 Å². The first-order valence-electron chi connectivity index (χ1n) is 14.7. The van der Waals surface area contributed by atoms with Crippen LogP contribution in [0.5, 0.6) is 0 Å². The van der Waals surface area contributed by atoms with E-state index in [0.717, 1.165) is 24.9 Å². The maximum atomic E-state index is 7.20. The molecule has 0 aliphatic rings. The Morgan fingerprint density at radius 2 is 0.625 bits per heavy atom. The van der Waals surface area contributed by atoms with Crippen molar-refractivity contribution in [3.8, 4) is 0 Å². The highest BCUT2D eigenvalue weighted by molar-refractivity contribution is 6.98. The highest BCUT2D eigenvalue weighted by Gasteiger charge is 2.44. The smallest absolute Gasteiger partial charge is 0.256 e. The van der Waals surface area contributed by atoms with Crippen LogP contribution >= 0.6 is 0 Å². The fourth-order valence-electron chi connectivity index (χ4n) is 5.87. The molecule has 0 amide bonds. The van der Waals surface area contributed by atoms with Crippen LogP contribution in [0.4, 0.5) is 0 Å². The number of benzene rings is 4. The van der Waals surface area contributed by atoms with Crippen molar-refractivity contribution in [2.75, 3.05) is 0 Å². The molecule has 0 spiro atoms. The zero-order chi connectivity index (χ0) is 28.7. The third-order valence-corrected chi connectivity index (χ3v) is 16.3. The maximum Gasteiger partial charge on any atom is 0.256 e. The molecule has 210 valence electrons. The van der Waals surface area contributed by atoms with Crippen molar-refractivity contribution in [2.45, 2.75) is 77.7 Å². The molecule has 0 unspecified atom stereocenters. The minimum Gasteiger partial charge on any atom is -0.403 e. The van der Waals surface area contributed by atoms with Crippen LogP contribution in [0, 0.1) is 0 Å². The summed E-state index contributed by atoms with van der Waals surface area (Å²) in [4.78, 5) is 0. The van der Waals surface area contributed by atoms with Gasteiger partial charge < -0.3 is 8.85 Å². The van der Waals surface area contributed by atoms with E-state index < -0.39 is 16.6 Å². The Labute approximate surface area is 244 Å². The third kappa shape index (κ3) is 7.49. The molecule has 0 radical (unpaired) electrons. The molecule has 0 aliphatic carbocycles. The molecule has 0 bridgehead atoms. The molecule has 4 rings (SSSR count). The van der Waals surface area contributed by atoms with Gasteiger partial charge in [-0.3, -0.25) is 0 Å². The summed E-state index contributed by atoms with van der Waals surface area (Å²) >= 11 is 0. The first kappa shape index (κ1) is 30.2. The Bertz CT molecular complexity index is 1110. The molecule has 0 N–H and O–H groups in total. The van der Waals surface area contributed by atoms with Gasteiger partial charge >= 0.3 is 0 Å². The zero-order valence-corrected chi connectivity index (χ0v) is 27.2. The molecule has 0 atom stereocenters. The van der Waals surface area contributed by atoms with E-state index in [9.17, 15) is 0 Å². The van der Waals surface area contributed by atoms with Crippen LogP contribution in [-0.4, -0.2) is 27.8 Å². The second-order valence-electron chi connectivity index (χ2n) is 12.8. The van der Waals surface area contributed by atoms with E-state index >= 15 is 0 Å². The topological polar surface area (TPSA) is 18.5 Å². The Balaban J connectivity index is 1.71. The highest BCUT2D eigenvalue weighted by atomic mass is 28.4. The lowest BCUT2D eigenvalue weighted by Gasteiger charge is -2.40. The first-order valence-corrected chi connectivity index (χ1v) is 18.9. The molecule has 0 aliphatic heterocycles. The number of rotatable bonds is 11. The zero-order valence-electron chi connectivity index (χ0n) is 25.2. The van der Waals surface area contributed by atoms with Gasteiger partial charge in [0, 0.05) is 11.2 Å². The maximum absolute atomic E-state index is 7.20. The van der Waals surface area contributed by atoms with Gasteiger partial charge in [0.05, 0.1) is 0 Å². The minimum atomic E-state index is -2.51. The lowest BCUT2D eigenvalue weighted by atomic mass is 10.2. The Morgan fingerprint density at radius 3 is 0.825 bits per heavy atom. The van der Waals surface area contributed by atoms with Crippen LogP contribution in [-0.2, 0) is 8.85 Å². The van der Waals surface area contributed by atoms with E-state index in [1.165, 1.54) is 20.7 Å². The molecule has 0 saturated heterocycles. The minimum absolute atomic E-state index is 0.250. The predicted octanol–water partition coefficient (Wildman–Crippen LogP) is 6.92. The standard InChI is InChI=1S/C36H46O2Si2/c1-35(2,3)37-39(31-21-11-7-12-22-31,32-23-13-8-14-24-32)29-19-20-30-40(38-36(4,5)6,33-25-15-9-16-26-33)34-27-17-10-18-28-34/h7-18,21-28H,19-20,29-30H2,1-6H3. The number of unbranched alkanes of at least 4 members (excludes halogenated alkanes) is 1. The fourth-order valence-corrected chi connectivity index (χ4v) is 14.9. The van der Waals surface area contributed by atoms with Gasteiger partial charge in [0.1, 0.15) is 0 Å². The van der Waals surface area contributed by atoms with E-state index in [1.807, 2.05) is 0 Å². The molecular formula is C36H46O2Si2. The Hall–Kier alpha value is -2.77. The van der Waals surface area contributed by atoms with E-state index in [-0.39, 0.29) is 11.2 Å². The van der Waals surface area contributed by atoms with Crippen molar-refractivity contribution in [3.05, 3.63) is 121 Å². The molecule has 0 heterocycles. The van der Waals surface area contributed by atoms with Crippen molar-refractivity contribution >= 4 is 37.4 Å². The lowest BCUT2D eigenvalue weighted by molar-refractivity contribution is 0.123.